The minimum Gasteiger partial charge on any atom is -0.361 e. The lowest BCUT2D eigenvalue weighted by Crippen LogP contribution is -1.78. The Labute approximate surface area is 66.1 Å². The molecular weight excluding hydrogens is 134 g/mol. The zero-order valence-corrected chi connectivity index (χ0v) is 6.81. The second-order valence-electron chi connectivity index (χ2n) is 2.97. The van der Waals surface area contributed by atoms with Crippen LogP contribution < -0.4 is 0 Å². The minimum absolute atomic E-state index is 1.27. The van der Waals surface area contributed by atoms with Gasteiger partial charge in [-0.05, 0) is 31.0 Å². The highest BCUT2D eigenvalue weighted by molar-refractivity contribution is 5.85. The standard InChI is InChI=1S/C10H11N/c1-7-3-4-8(2)10-9(7)5-6-11-10/h3-6,11H,1-2H3. The van der Waals surface area contributed by atoms with Crippen LogP contribution in [-0.4, -0.2) is 4.98 Å². The monoisotopic (exact) mass is 145 g/mol. The van der Waals surface area contributed by atoms with E-state index in [1.54, 1.807) is 0 Å². The molecule has 0 aliphatic carbocycles. The number of H-pyrrole nitrogens is 1. The van der Waals surface area contributed by atoms with Crippen molar-refractivity contribution in [3.8, 4) is 0 Å². The molecule has 0 saturated carbocycles. The number of benzene rings is 1. The van der Waals surface area contributed by atoms with Crippen molar-refractivity contribution in [3.63, 3.8) is 0 Å². The number of aryl methyl sites for hydroxylation is 2. The topological polar surface area (TPSA) is 15.8 Å². The Bertz CT molecular complexity index is 349. The summed E-state index contributed by atoms with van der Waals surface area (Å²) in [4.78, 5) is 3.23. The van der Waals surface area contributed by atoms with E-state index in [0.717, 1.165) is 0 Å². The second kappa shape index (κ2) is 2.12. The summed E-state index contributed by atoms with van der Waals surface area (Å²) < 4.78 is 0. The van der Waals surface area contributed by atoms with Crippen LogP contribution in [0.3, 0.4) is 0 Å². The molecule has 1 aromatic heterocycles. The van der Waals surface area contributed by atoms with E-state index in [-0.39, 0.29) is 0 Å². The van der Waals surface area contributed by atoms with E-state index < -0.39 is 0 Å². The Morgan fingerprint density at radius 1 is 1.00 bits per heavy atom. The van der Waals surface area contributed by atoms with Gasteiger partial charge < -0.3 is 4.98 Å². The Hall–Kier alpha value is -1.24. The minimum atomic E-state index is 1.27. The first-order valence-electron chi connectivity index (χ1n) is 3.82. The molecule has 56 valence electrons. The Kier molecular flexibility index (Phi) is 1.25. The molecule has 1 aromatic carbocycles. The first kappa shape index (κ1) is 6.47. The van der Waals surface area contributed by atoms with Gasteiger partial charge in [0.1, 0.15) is 0 Å². The van der Waals surface area contributed by atoms with Gasteiger partial charge in [0, 0.05) is 17.1 Å². The van der Waals surface area contributed by atoms with Gasteiger partial charge in [-0.25, -0.2) is 0 Å². The molecule has 0 bridgehead atoms. The average Bonchev–Trinajstić information content (AvgIpc) is 2.45. The van der Waals surface area contributed by atoms with Crippen molar-refractivity contribution < 1.29 is 0 Å². The van der Waals surface area contributed by atoms with E-state index in [0.29, 0.717) is 0 Å². The summed E-state index contributed by atoms with van der Waals surface area (Å²) in [6.07, 6.45) is 1.99. The highest BCUT2D eigenvalue weighted by Crippen LogP contribution is 2.19. The van der Waals surface area contributed by atoms with Gasteiger partial charge in [0.05, 0.1) is 0 Å². The Morgan fingerprint density at radius 2 is 1.73 bits per heavy atom. The zero-order valence-electron chi connectivity index (χ0n) is 6.81. The van der Waals surface area contributed by atoms with Crippen LogP contribution in [0.1, 0.15) is 11.1 Å². The molecule has 1 N–H and O–H groups in total. The summed E-state index contributed by atoms with van der Waals surface area (Å²) >= 11 is 0. The van der Waals surface area contributed by atoms with Crippen LogP contribution in [0, 0.1) is 13.8 Å². The fourth-order valence-electron chi connectivity index (χ4n) is 1.45. The summed E-state index contributed by atoms with van der Waals surface area (Å²) in [6, 6.07) is 6.43. The first-order chi connectivity index (χ1) is 5.29. The smallest absolute Gasteiger partial charge is 0.0486 e. The fraction of sp³-hybridized carbons (Fsp3) is 0.200. The molecule has 2 aromatic rings. The molecule has 0 unspecified atom stereocenters. The van der Waals surface area contributed by atoms with Crippen LogP contribution in [0.25, 0.3) is 10.9 Å². The Balaban J connectivity index is 2.96. The molecule has 0 spiro atoms. The predicted molar refractivity (Wildman–Crippen MR) is 47.8 cm³/mol. The van der Waals surface area contributed by atoms with Gasteiger partial charge in [-0.3, -0.25) is 0 Å². The summed E-state index contributed by atoms with van der Waals surface area (Å²) in [6.45, 7) is 4.26. The lowest BCUT2D eigenvalue weighted by molar-refractivity contribution is 1.40. The van der Waals surface area contributed by atoms with E-state index in [1.807, 2.05) is 6.20 Å². The van der Waals surface area contributed by atoms with Crippen LogP contribution >= 0.6 is 0 Å². The third-order valence-electron chi connectivity index (χ3n) is 2.15. The van der Waals surface area contributed by atoms with Gasteiger partial charge in [-0.15, -0.1) is 0 Å². The number of nitrogens with one attached hydrogen (secondary N) is 1. The van der Waals surface area contributed by atoms with Crippen molar-refractivity contribution in [1.29, 1.82) is 0 Å². The average molecular weight is 145 g/mol. The molecule has 11 heavy (non-hydrogen) atoms. The predicted octanol–water partition coefficient (Wildman–Crippen LogP) is 2.78. The van der Waals surface area contributed by atoms with Gasteiger partial charge in [0.15, 0.2) is 0 Å². The van der Waals surface area contributed by atoms with Crippen LogP contribution in [-0.2, 0) is 0 Å². The zero-order chi connectivity index (χ0) is 7.84. The van der Waals surface area contributed by atoms with Gasteiger partial charge in [-0.2, -0.15) is 0 Å². The second-order valence-corrected chi connectivity index (χ2v) is 2.97. The fourth-order valence-corrected chi connectivity index (χ4v) is 1.45. The normalized spacial score (nSPS) is 10.7. The number of hydrogen-bond acceptors (Lipinski definition) is 0. The summed E-state index contributed by atoms with van der Waals surface area (Å²) in [5, 5.41) is 1.34. The van der Waals surface area contributed by atoms with Gasteiger partial charge in [-0.1, -0.05) is 12.1 Å². The largest absolute Gasteiger partial charge is 0.361 e. The molecule has 0 fully saturated rings. The van der Waals surface area contributed by atoms with Crippen molar-refractivity contribution >= 4 is 10.9 Å². The number of aromatic nitrogens is 1. The summed E-state index contributed by atoms with van der Waals surface area (Å²) in [7, 11) is 0. The molecule has 1 heteroatoms. The highest BCUT2D eigenvalue weighted by Gasteiger charge is 1.98. The summed E-state index contributed by atoms with van der Waals surface area (Å²) in [5.41, 5.74) is 3.92. The van der Waals surface area contributed by atoms with Gasteiger partial charge >= 0.3 is 0 Å². The molecule has 0 aliphatic heterocycles. The van der Waals surface area contributed by atoms with E-state index in [2.05, 4.69) is 37.0 Å². The molecule has 0 atom stereocenters. The molecular formula is C10H11N. The maximum absolute atomic E-state index is 3.23. The molecule has 2 rings (SSSR count). The lowest BCUT2D eigenvalue weighted by Gasteiger charge is -1.98. The van der Waals surface area contributed by atoms with Crippen molar-refractivity contribution in [2.75, 3.05) is 0 Å². The van der Waals surface area contributed by atoms with Crippen LogP contribution in [0.4, 0.5) is 0 Å². The first-order valence-corrected chi connectivity index (χ1v) is 3.82. The third kappa shape index (κ3) is 0.845. The number of aromatic amines is 1. The number of rotatable bonds is 0. The van der Waals surface area contributed by atoms with E-state index >= 15 is 0 Å². The maximum atomic E-state index is 3.23. The van der Waals surface area contributed by atoms with Crippen molar-refractivity contribution in [1.82, 2.24) is 4.98 Å². The Morgan fingerprint density at radius 3 is 2.45 bits per heavy atom. The highest BCUT2D eigenvalue weighted by atomic mass is 14.7. The molecule has 1 heterocycles. The SMILES string of the molecule is Cc1ccc(C)c2[nH]ccc12. The number of fused-ring (bicyclic) bond motifs is 1. The van der Waals surface area contributed by atoms with E-state index in [4.69, 9.17) is 0 Å². The maximum Gasteiger partial charge on any atom is 0.0486 e. The lowest BCUT2D eigenvalue weighted by atomic mass is 10.1. The quantitative estimate of drug-likeness (QED) is 0.586. The molecule has 0 amide bonds. The molecule has 0 saturated heterocycles. The molecule has 0 aliphatic rings. The molecule has 1 nitrogen and oxygen atoms in total. The van der Waals surface area contributed by atoms with E-state index in [1.165, 1.54) is 22.0 Å². The third-order valence-corrected chi connectivity index (χ3v) is 2.15. The van der Waals surface area contributed by atoms with Crippen molar-refractivity contribution in [2.24, 2.45) is 0 Å². The molecule has 0 radical (unpaired) electrons. The summed E-state index contributed by atoms with van der Waals surface area (Å²) in [5.74, 6) is 0. The van der Waals surface area contributed by atoms with Crippen molar-refractivity contribution in [2.45, 2.75) is 13.8 Å². The van der Waals surface area contributed by atoms with E-state index in [9.17, 15) is 0 Å². The van der Waals surface area contributed by atoms with Gasteiger partial charge in [0.2, 0.25) is 0 Å². The van der Waals surface area contributed by atoms with Crippen LogP contribution in [0.15, 0.2) is 24.4 Å². The van der Waals surface area contributed by atoms with Crippen molar-refractivity contribution in [3.05, 3.63) is 35.5 Å². The van der Waals surface area contributed by atoms with Crippen LogP contribution in [0.5, 0.6) is 0 Å². The number of hydrogen-bond donors (Lipinski definition) is 1. The van der Waals surface area contributed by atoms with Crippen LogP contribution in [0.2, 0.25) is 0 Å². The van der Waals surface area contributed by atoms with Gasteiger partial charge in [0.25, 0.3) is 0 Å².